The highest BCUT2D eigenvalue weighted by Gasteiger charge is 2.12. The van der Waals surface area contributed by atoms with E-state index in [0.717, 1.165) is 5.69 Å². The molecule has 3 N–H and O–H groups in total. The van der Waals surface area contributed by atoms with E-state index >= 15 is 0 Å². The molecular formula is C12H10N6OS. The highest BCUT2D eigenvalue weighted by molar-refractivity contribution is 7.13. The number of carbonyl (C=O) groups excluding carboxylic acids is 1. The fourth-order valence-corrected chi connectivity index (χ4v) is 2.24. The van der Waals surface area contributed by atoms with Crippen molar-refractivity contribution in [1.82, 2.24) is 20.0 Å². The van der Waals surface area contributed by atoms with Crippen molar-refractivity contribution in [2.75, 3.05) is 11.1 Å². The summed E-state index contributed by atoms with van der Waals surface area (Å²) >= 11 is 1.22. The lowest BCUT2D eigenvalue weighted by atomic mass is 10.2. The van der Waals surface area contributed by atoms with Gasteiger partial charge in [-0.15, -0.1) is 16.4 Å². The Morgan fingerprint density at radius 2 is 2.20 bits per heavy atom. The van der Waals surface area contributed by atoms with E-state index in [1.165, 1.54) is 11.3 Å². The Labute approximate surface area is 118 Å². The minimum atomic E-state index is -0.314. The summed E-state index contributed by atoms with van der Waals surface area (Å²) in [6.45, 7) is 0. The van der Waals surface area contributed by atoms with Gasteiger partial charge in [-0.2, -0.15) is 0 Å². The van der Waals surface area contributed by atoms with E-state index in [1.54, 1.807) is 28.5 Å². The molecule has 8 heteroatoms. The molecule has 20 heavy (non-hydrogen) atoms. The molecule has 3 rings (SSSR count). The molecule has 1 aromatic carbocycles. The molecule has 7 nitrogen and oxygen atoms in total. The number of hydrogen-bond acceptors (Lipinski definition) is 6. The van der Waals surface area contributed by atoms with Gasteiger partial charge in [0.25, 0.3) is 5.91 Å². The molecule has 0 bridgehead atoms. The van der Waals surface area contributed by atoms with E-state index in [0.29, 0.717) is 16.5 Å². The predicted molar refractivity (Wildman–Crippen MR) is 75.8 cm³/mol. The molecule has 3 aromatic rings. The molecule has 0 atom stereocenters. The van der Waals surface area contributed by atoms with Crippen LogP contribution in [0.25, 0.3) is 5.69 Å². The Morgan fingerprint density at radius 1 is 1.35 bits per heavy atom. The second kappa shape index (κ2) is 5.10. The number of nitrogens with one attached hydrogen (secondary N) is 1. The zero-order chi connectivity index (χ0) is 13.9. The lowest BCUT2D eigenvalue weighted by Crippen LogP contribution is -2.14. The topological polar surface area (TPSA) is 98.7 Å². The Bertz CT molecular complexity index is 736. The van der Waals surface area contributed by atoms with Crippen LogP contribution < -0.4 is 11.1 Å². The third kappa shape index (κ3) is 2.36. The van der Waals surface area contributed by atoms with Crippen LogP contribution in [0.4, 0.5) is 10.8 Å². The van der Waals surface area contributed by atoms with Gasteiger partial charge in [-0.1, -0.05) is 17.3 Å². The summed E-state index contributed by atoms with van der Waals surface area (Å²) in [6, 6.07) is 7.29. The Hall–Kier alpha value is -2.74. The molecule has 2 heterocycles. The highest BCUT2D eigenvalue weighted by Crippen LogP contribution is 2.20. The molecule has 0 saturated heterocycles. The van der Waals surface area contributed by atoms with E-state index in [1.807, 2.05) is 18.2 Å². The van der Waals surface area contributed by atoms with Crippen LogP contribution in [-0.4, -0.2) is 25.9 Å². The maximum Gasteiger partial charge on any atom is 0.275 e. The van der Waals surface area contributed by atoms with Crippen LogP contribution in [0.3, 0.4) is 0 Å². The normalized spacial score (nSPS) is 10.4. The van der Waals surface area contributed by atoms with Crippen molar-refractivity contribution in [1.29, 1.82) is 0 Å². The average Bonchev–Trinajstić information content (AvgIpc) is 3.10. The number of para-hydroxylation sites is 2. The van der Waals surface area contributed by atoms with Crippen LogP contribution in [0.15, 0.2) is 42.0 Å². The van der Waals surface area contributed by atoms with E-state index in [-0.39, 0.29) is 5.91 Å². The molecule has 0 aliphatic rings. The van der Waals surface area contributed by atoms with Crippen molar-refractivity contribution in [3.63, 3.8) is 0 Å². The standard InChI is InChI=1S/C12H10N6OS/c13-12-16-9(7-20-12)11(19)15-8-3-1-2-4-10(8)18-6-5-14-17-18/h1-7H,(H2,13,16)(H,15,19). The van der Waals surface area contributed by atoms with Gasteiger partial charge in [0.15, 0.2) is 5.13 Å². The van der Waals surface area contributed by atoms with Gasteiger partial charge in [-0.25, -0.2) is 9.67 Å². The quantitative estimate of drug-likeness (QED) is 0.761. The average molecular weight is 286 g/mol. The predicted octanol–water partition coefficient (Wildman–Crippen LogP) is 1.56. The van der Waals surface area contributed by atoms with E-state index < -0.39 is 0 Å². The summed E-state index contributed by atoms with van der Waals surface area (Å²) in [5.74, 6) is -0.314. The molecule has 100 valence electrons. The van der Waals surface area contributed by atoms with Crippen LogP contribution in [0.5, 0.6) is 0 Å². The molecular weight excluding hydrogens is 276 g/mol. The number of benzene rings is 1. The molecule has 0 aliphatic heterocycles. The molecule has 0 saturated carbocycles. The molecule has 0 radical (unpaired) electrons. The van der Waals surface area contributed by atoms with Crippen LogP contribution in [-0.2, 0) is 0 Å². The van der Waals surface area contributed by atoms with Crippen molar-refractivity contribution in [3.05, 3.63) is 47.7 Å². The number of nitrogen functional groups attached to an aromatic ring is 1. The second-order valence-electron chi connectivity index (χ2n) is 3.89. The number of aromatic nitrogens is 4. The van der Waals surface area contributed by atoms with Crippen molar-refractivity contribution in [3.8, 4) is 5.69 Å². The number of nitrogens with zero attached hydrogens (tertiary/aromatic N) is 4. The van der Waals surface area contributed by atoms with E-state index in [2.05, 4.69) is 20.6 Å². The van der Waals surface area contributed by atoms with Crippen molar-refractivity contribution in [2.45, 2.75) is 0 Å². The van der Waals surface area contributed by atoms with E-state index in [4.69, 9.17) is 5.73 Å². The Kier molecular flexibility index (Phi) is 3.13. The minimum Gasteiger partial charge on any atom is -0.375 e. The summed E-state index contributed by atoms with van der Waals surface area (Å²) in [5.41, 5.74) is 7.16. The first-order valence-electron chi connectivity index (χ1n) is 5.72. The number of rotatable bonds is 3. The molecule has 0 aliphatic carbocycles. The number of hydrogen-bond donors (Lipinski definition) is 2. The van der Waals surface area contributed by atoms with E-state index in [9.17, 15) is 4.79 Å². The first-order chi connectivity index (χ1) is 9.74. The lowest BCUT2D eigenvalue weighted by Gasteiger charge is -2.09. The molecule has 0 fully saturated rings. The zero-order valence-corrected chi connectivity index (χ0v) is 11.0. The number of carbonyl (C=O) groups is 1. The fraction of sp³-hybridized carbons (Fsp3) is 0. The molecule has 0 spiro atoms. The summed E-state index contributed by atoms with van der Waals surface area (Å²) in [5, 5.41) is 12.4. The maximum absolute atomic E-state index is 12.1. The van der Waals surface area contributed by atoms with Crippen molar-refractivity contribution < 1.29 is 4.79 Å². The van der Waals surface area contributed by atoms with Crippen molar-refractivity contribution in [2.24, 2.45) is 0 Å². The van der Waals surface area contributed by atoms with Gasteiger partial charge in [0.2, 0.25) is 0 Å². The Balaban J connectivity index is 1.90. The SMILES string of the molecule is Nc1nc(C(=O)Nc2ccccc2-n2ccnn2)cs1. The van der Waals surface area contributed by atoms with Crippen LogP contribution in [0, 0.1) is 0 Å². The fourth-order valence-electron chi connectivity index (χ4n) is 1.69. The minimum absolute atomic E-state index is 0.292. The van der Waals surface area contributed by atoms with Gasteiger partial charge in [0.05, 0.1) is 23.8 Å². The van der Waals surface area contributed by atoms with Crippen LogP contribution in [0.2, 0.25) is 0 Å². The van der Waals surface area contributed by atoms with Gasteiger partial charge in [-0.05, 0) is 12.1 Å². The third-order valence-electron chi connectivity index (χ3n) is 2.58. The van der Waals surface area contributed by atoms with Crippen LogP contribution in [0.1, 0.15) is 10.5 Å². The van der Waals surface area contributed by atoms with Gasteiger partial charge in [-0.3, -0.25) is 4.79 Å². The van der Waals surface area contributed by atoms with Crippen molar-refractivity contribution >= 4 is 28.1 Å². The van der Waals surface area contributed by atoms with Gasteiger partial charge >= 0.3 is 0 Å². The first kappa shape index (κ1) is 12.3. The highest BCUT2D eigenvalue weighted by atomic mass is 32.1. The summed E-state index contributed by atoms with van der Waals surface area (Å²) in [4.78, 5) is 16.0. The smallest absolute Gasteiger partial charge is 0.275 e. The first-order valence-corrected chi connectivity index (χ1v) is 6.60. The van der Waals surface area contributed by atoms with Crippen LogP contribution >= 0.6 is 11.3 Å². The largest absolute Gasteiger partial charge is 0.375 e. The number of nitrogens with two attached hydrogens (primary N) is 1. The molecule has 2 aromatic heterocycles. The monoisotopic (exact) mass is 286 g/mol. The third-order valence-corrected chi connectivity index (χ3v) is 3.25. The lowest BCUT2D eigenvalue weighted by molar-refractivity contribution is 0.102. The molecule has 1 amide bonds. The number of anilines is 2. The van der Waals surface area contributed by atoms with Gasteiger partial charge in [0, 0.05) is 5.38 Å². The van der Waals surface area contributed by atoms with Gasteiger partial charge < -0.3 is 11.1 Å². The number of amides is 1. The number of thiazole rings is 1. The maximum atomic E-state index is 12.1. The zero-order valence-electron chi connectivity index (χ0n) is 10.2. The Morgan fingerprint density at radius 3 is 2.90 bits per heavy atom. The molecule has 0 unspecified atom stereocenters. The summed E-state index contributed by atoms with van der Waals surface area (Å²) in [6.07, 6.45) is 3.27. The summed E-state index contributed by atoms with van der Waals surface area (Å²) in [7, 11) is 0. The summed E-state index contributed by atoms with van der Waals surface area (Å²) < 4.78 is 1.57. The second-order valence-corrected chi connectivity index (χ2v) is 4.78. The van der Waals surface area contributed by atoms with Gasteiger partial charge in [0.1, 0.15) is 5.69 Å².